The Balaban J connectivity index is 2.92. The SMILES string of the molecule is Cc1cc(C(=O)O)c2sc(=O)[nH]c2c1. The van der Waals surface area contributed by atoms with Crippen LogP contribution in [0.5, 0.6) is 0 Å². The predicted molar refractivity (Wildman–Crippen MR) is 54.1 cm³/mol. The molecule has 0 aliphatic heterocycles. The number of H-pyrrole nitrogens is 1. The van der Waals surface area contributed by atoms with Crippen LogP contribution in [-0.4, -0.2) is 16.1 Å². The second-order valence-electron chi connectivity index (χ2n) is 3.01. The molecule has 0 spiro atoms. The molecule has 0 radical (unpaired) electrons. The average Bonchev–Trinajstić information content (AvgIpc) is 2.42. The molecule has 2 rings (SSSR count). The summed E-state index contributed by atoms with van der Waals surface area (Å²) < 4.78 is 0.508. The van der Waals surface area contributed by atoms with E-state index in [2.05, 4.69) is 4.98 Å². The normalized spacial score (nSPS) is 10.6. The standard InChI is InChI=1S/C9H7NO3S/c1-4-2-5(8(11)12)7-6(3-4)10-9(13)14-7/h2-3H,1H3,(H,10,13)(H,11,12). The van der Waals surface area contributed by atoms with Crippen LogP contribution in [0.25, 0.3) is 10.2 Å². The third-order valence-corrected chi connectivity index (χ3v) is 2.83. The first-order valence-electron chi connectivity index (χ1n) is 3.94. The van der Waals surface area contributed by atoms with Crippen molar-refractivity contribution >= 4 is 27.5 Å². The minimum Gasteiger partial charge on any atom is -0.478 e. The Morgan fingerprint density at radius 3 is 2.86 bits per heavy atom. The van der Waals surface area contributed by atoms with E-state index in [1.165, 1.54) is 0 Å². The van der Waals surface area contributed by atoms with E-state index < -0.39 is 5.97 Å². The number of benzene rings is 1. The number of thiazole rings is 1. The number of aromatic carboxylic acids is 1. The number of hydrogen-bond donors (Lipinski definition) is 2. The smallest absolute Gasteiger partial charge is 0.337 e. The maximum absolute atomic E-state index is 11.0. The van der Waals surface area contributed by atoms with Crippen molar-refractivity contribution < 1.29 is 9.90 Å². The Morgan fingerprint density at radius 1 is 1.50 bits per heavy atom. The number of aromatic nitrogens is 1. The van der Waals surface area contributed by atoms with E-state index in [1.54, 1.807) is 19.1 Å². The Morgan fingerprint density at radius 2 is 2.21 bits per heavy atom. The van der Waals surface area contributed by atoms with E-state index in [9.17, 15) is 9.59 Å². The maximum atomic E-state index is 11.0. The molecule has 72 valence electrons. The molecule has 0 fully saturated rings. The van der Waals surface area contributed by atoms with Gasteiger partial charge in [0.25, 0.3) is 0 Å². The van der Waals surface area contributed by atoms with Gasteiger partial charge in [-0.3, -0.25) is 4.79 Å². The summed E-state index contributed by atoms with van der Waals surface area (Å²) in [6.07, 6.45) is 0. The Kier molecular flexibility index (Phi) is 1.89. The van der Waals surface area contributed by atoms with Gasteiger partial charge in [-0.15, -0.1) is 0 Å². The third-order valence-electron chi connectivity index (χ3n) is 1.90. The van der Waals surface area contributed by atoms with Crippen molar-refractivity contribution in [3.05, 3.63) is 32.9 Å². The first kappa shape index (κ1) is 8.96. The minimum absolute atomic E-state index is 0.184. The highest BCUT2D eigenvalue weighted by Crippen LogP contribution is 2.21. The molecule has 0 atom stereocenters. The van der Waals surface area contributed by atoms with Gasteiger partial charge in [-0.25, -0.2) is 4.79 Å². The van der Waals surface area contributed by atoms with Crippen molar-refractivity contribution in [2.45, 2.75) is 6.92 Å². The summed E-state index contributed by atoms with van der Waals surface area (Å²) in [5.74, 6) is -1.01. The van der Waals surface area contributed by atoms with Crippen LogP contribution in [0.4, 0.5) is 0 Å². The van der Waals surface area contributed by atoms with E-state index in [0.717, 1.165) is 16.9 Å². The molecule has 1 heterocycles. The summed E-state index contributed by atoms with van der Waals surface area (Å²) in [7, 11) is 0. The number of rotatable bonds is 1. The van der Waals surface area contributed by atoms with Crippen molar-refractivity contribution in [3.63, 3.8) is 0 Å². The van der Waals surface area contributed by atoms with Crippen molar-refractivity contribution in [2.75, 3.05) is 0 Å². The van der Waals surface area contributed by atoms with Crippen LogP contribution in [0.15, 0.2) is 16.9 Å². The maximum Gasteiger partial charge on any atom is 0.337 e. The van der Waals surface area contributed by atoms with E-state index in [4.69, 9.17) is 5.11 Å². The van der Waals surface area contributed by atoms with Crippen molar-refractivity contribution in [1.82, 2.24) is 4.98 Å². The number of aromatic amines is 1. The number of hydrogen-bond acceptors (Lipinski definition) is 3. The monoisotopic (exact) mass is 209 g/mol. The van der Waals surface area contributed by atoms with Crippen LogP contribution in [-0.2, 0) is 0 Å². The highest BCUT2D eigenvalue weighted by atomic mass is 32.1. The van der Waals surface area contributed by atoms with Crippen molar-refractivity contribution in [3.8, 4) is 0 Å². The molecule has 0 bridgehead atoms. The van der Waals surface area contributed by atoms with E-state index >= 15 is 0 Å². The lowest BCUT2D eigenvalue weighted by Gasteiger charge is -1.98. The van der Waals surface area contributed by atoms with Crippen LogP contribution < -0.4 is 4.87 Å². The van der Waals surface area contributed by atoms with Crippen LogP contribution >= 0.6 is 11.3 Å². The molecule has 1 aromatic heterocycles. The Bertz CT molecular complexity index is 567. The fraction of sp³-hybridized carbons (Fsp3) is 0.111. The number of aryl methyl sites for hydroxylation is 1. The lowest BCUT2D eigenvalue weighted by Crippen LogP contribution is -1.96. The van der Waals surface area contributed by atoms with Crippen molar-refractivity contribution in [1.29, 1.82) is 0 Å². The molecule has 2 N–H and O–H groups in total. The first-order valence-corrected chi connectivity index (χ1v) is 4.76. The lowest BCUT2D eigenvalue weighted by atomic mass is 10.1. The zero-order valence-corrected chi connectivity index (χ0v) is 8.14. The molecule has 0 saturated carbocycles. The zero-order chi connectivity index (χ0) is 10.3. The highest BCUT2D eigenvalue weighted by Gasteiger charge is 2.11. The van der Waals surface area contributed by atoms with E-state index in [1.807, 2.05) is 0 Å². The first-order chi connectivity index (χ1) is 6.58. The quantitative estimate of drug-likeness (QED) is 0.749. The van der Waals surface area contributed by atoms with Gasteiger partial charge in [0.05, 0.1) is 15.8 Å². The van der Waals surface area contributed by atoms with Gasteiger partial charge in [-0.05, 0) is 24.6 Å². The van der Waals surface area contributed by atoms with Crippen LogP contribution in [0.1, 0.15) is 15.9 Å². The summed E-state index contributed by atoms with van der Waals surface area (Å²) >= 11 is 0.924. The highest BCUT2D eigenvalue weighted by molar-refractivity contribution is 7.16. The predicted octanol–water partition coefficient (Wildman–Crippen LogP) is 1.60. The molecule has 14 heavy (non-hydrogen) atoms. The summed E-state index contributed by atoms with van der Waals surface area (Å²) in [5, 5.41) is 8.91. The van der Waals surface area contributed by atoms with Gasteiger partial charge in [0, 0.05) is 0 Å². The summed E-state index contributed by atoms with van der Waals surface area (Å²) in [6.45, 7) is 1.79. The van der Waals surface area contributed by atoms with Gasteiger partial charge in [-0.1, -0.05) is 11.3 Å². The van der Waals surface area contributed by atoms with Gasteiger partial charge in [0.1, 0.15) is 0 Å². The van der Waals surface area contributed by atoms with Crippen LogP contribution in [0.2, 0.25) is 0 Å². The second-order valence-corrected chi connectivity index (χ2v) is 3.99. The third kappa shape index (κ3) is 1.31. The fourth-order valence-electron chi connectivity index (χ4n) is 1.36. The molecule has 0 amide bonds. The molecule has 1 aromatic carbocycles. The van der Waals surface area contributed by atoms with Gasteiger partial charge in [0.2, 0.25) is 0 Å². The number of carboxylic acid groups (broad SMARTS) is 1. The Labute approximate surface area is 82.8 Å². The molecule has 2 aromatic rings. The molecule has 4 nitrogen and oxygen atoms in total. The van der Waals surface area contributed by atoms with Crippen LogP contribution in [0.3, 0.4) is 0 Å². The molecular formula is C9H7NO3S. The molecule has 0 aliphatic rings. The molecule has 0 unspecified atom stereocenters. The zero-order valence-electron chi connectivity index (χ0n) is 7.33. The van der Waals surface area contributed by atoms with E-state index in [-0.39, 0.29) is 10.4 Å². The largest absolute Gasteiger partial charge is 0.478 e. The fourth-order valence-corrected chi connectivity index (χ4v) is 2.19. The number of carbonyl (C=O) groups is 1. The number of carboxylic acids is 1. The molecule has 0 saturated heterocycles. The minimum atomic E-state index is -1.01. The molecule has 0 aliphatic carbocycles. The van der Waals surface area contributed by atoms with Gasteiger partial charge in [-0.2, -0.15) is 0 Å². The van der Waals surface area contributed by atoms with Crippen LogP contribution in [0, 0.1) is 6.92 Å². The van der Waals surface area contributed by atoms with Gasteiger partial charge < -0.3 is 10.1 Å². The van der Waals surface area contributed by atoms with Gasteiger partial charge >= 0.3 is 10.8 Å². The second kappa shape index (κ2) is 2.95. The van der Waals surface area contributed by atoms with E-state index in [0.29, 0.717) is 10.2 Å². The molecular weight excluding hydrogens is 202 g/mol. The topological polar surface area (TPSA) is 70.2 Å². The summed E-state index contributed by atoms with van der Waals surface area (Å²) in [5.41, 5.74) is 1.60. The Hall–Kier alpha value is -1.62. The van der Waals surface area contributed by atoms with Gasteiger partial charge in [0.15, 0.2) is 0 Å². The summed E-state index contributed by atoms with van der Waals surface area (Å²) in [4.78, 5) is 24.3. The lowest BCUT2D eigenvalue weighted by molar-refractivity contribution is 0.0699. The molecule has 5 heteroatoms. The number of nitrogens with one attached hydrogen (secondary N) is 1. The van der Waals surface area contributed by atoms with Crippen molar-refractivity contribution in [2.24, 2.45) is 0 Å². The number of fused-ring (bicyclic) bond motifs is 1. The summed E-state index contributed by atoms with van der Waals surface area (Å²) in [6, 6.07) is 3.33. The average molecular weight is 209 g/mol.